The Kier molecular flexibility index (Phi) is 4.40. The SMILES string of the molecule is Cc1ccc(SCSc2ccc(O)cc2)cc1. The van der Waals surface area contributed by atoms with E-state index >= 15 is 0 Å². The first-order chi connectivity index (χ1) is 8.24. The molecule has 0 heterocycles. The zero-order valence-corrected chi connectivity index (χ0v) is 11.2. The molecule has 0 aromatic heterocycles. The van der Waals surface area contributed by atoms with E-state index in [1.54, 1.807) is 23.9 Å². The number of phenolic OH excluding ortho intramolecular Hbond substituents is 1. The standard InChI is InChI=1S/C14H14OS2/c1-11-2-6-13(7-3-11)16-10-17-14-8-4-12(15)5-9-14/h2-9,15H,10H2,1H3. The third kappa shape index (κ3) is 4.02. The summed E-state index contributed by atoms with van der Waals surface area (Å²) in [5.41, 5.74) is 1.29. The molecule has 2 aromatic carbocycles. The third-order valence-electron chi connectivity index (χ3n) is 2.31. The molecule has 0 amide bonds. The maximum Gasteiger partial charge on any atom is 0.115 e. The summed E-state index contributed by atoms with van der Waals surface area (Å²) in [4.78, 5) is 2.48. The first kappa shape index (κ1) is 12.4. The number of benzene rings is 2. The first-order valence-corrected chi connectivity index (χ1v) is 7.32. The lowest BCUT2D eigenvalue weighted by Gasteiger charge is -2.02. The van der Waals surface area contributed by atoms with Gasteiger partial charge in [0.15, 0.2) is 0 Å². The van der Waals surface area contributed by atoms with Gasteiger partial charge < -0.3 is 5.11 Å². The topological polar surface area (TPSA) is 20.2 Å². The lowest BCUT2D eigenvalue weighted by Crippen LogP contribution is -1.76. The van der Waals surface area contributed by atoms with E-state index in [9.17, 15) is 5.11 Å². The number of hydrogen-bond acceptors (Lipinski definition) is 3. The molecule has 88 valence electrons. The van der Waals surface area contributed by atoms with Crippen molar-refractivity contribution in [2.45, 2.75) is 16.7 Å². The summed E-state index contributed by atoms with van der Waals surface area (Å²) in [7, 11) is 0. The molecule has 0 aliphatic carbocycles. The van der Waals surface area contributed by atoms with Gasteiger partial charge in [0, 0.05) is 14.9 Å². The largest absolute Gasteiger partial charge is 0.508 e. The molecule has 0 atom stereocenters. The second-order valence-corrected chi connectivity index (χ2v) is 6.18. The molecule has 17 heavy (non-hydrogen) atoms. The fourth-order valence-corrected chi connectivity index (χ4v) is 3.32. The molecule has 3 heteroatoms. The first-order valence-electron chi connectivity index (χ1n) is 5.35. The van der Waals surface area contributed by atoms with Crippen molar-refractivity contribution in [1.29, 1.82) is 0 Å². The van der Waals surface area contributed by atoms with Gasteiger partial charge in [-0.2, -0.15) is 0 Å². The highest BCUT2D eigenvalue weighted by Gasteiger charge is 1.97. The molecule has 0 radical (unpaired) electrons. The number of phenols is 1. The normalized spacial score (nSPS) is 10.4. The second kappa shape index (κ2) is 6.03. The van der Waals surface area contributed by atoms with Crippen molar-refractivity contribution < 1.29 is 5.11 Å². The Bertz CT molecular complexity index is 417. The van der Waals surface area contributed by atoms with E-state index in [1.165, 1.54) is 15.4 Å². The van der Waals surface area contributed by atoms with Gasteiger partial charge in [-0.25, -0.2) is 0 Å². The Morgan fingerprint density at radius 2 is 1.29 bits per heavy atom. The van der Waals surface area contributed by atoms with Crippen molar-refractivity contribution >= 4 is 23.5 Å². The third-order valence-corrected chi connectivity index (χ3v) is 4.46. The van der Waals surface area contributed by atoms with Crippen LogP contribution in [-0.4, -0.2) is 10.2 Å². The molecule has 0 aliphatic heterocycles. The van der Waals surface area contributed by atoms with Crippen molar-refractivity contribution in [3.63, 3.8) is 0 Å². The van der Waals surface area contributed by atoms with Gasteiger partial charge in [-0.05, 0) is 43.3 Å². The van der Waals surface area contributed by atoms with Crippen LogP contribution in [0.3, 0.4) is 0 Å². The van der Waals surface area contributed by atoms with Crippen molar-refractivity contribution in [2.24, 2.45) is 0 Å². The molecule has 0 spiro atoms. The van der Waals surface area contributed by atoms with Crippen LogP contribution >= 0.6 is 23.5 Å². The molecule has 0 saturated heterocycles. The van der Waals surface area contributed by atoms with Crippen molar-refractivity contribution in [3.8, 4) is 5.75 Å². The highest BCUT2D eigenvalue weighted by molar-refractivity contribution is 8.16. The Morgan fingerprint density at radius 1 is 0.824 bits per heavy atom. The monoisotopic (exact) mass is 262 g/mol. The number of aromatic hydroxyl groups is 1. The van der Waals surface area contributed by atoms with Crippen LogP contribution < -0.4 is 0 Å². The minimum absolute atomic E-state index is 0.320. The molecular formula is C14H14OS2. The van der Waals surface area contributed by atoms with Crippen LogP contribution in [0.1, 0.15) is 5.56 Å². The van der Waals surface area contributed by atoms with Gasteiger partial charge in [0.05, 0.1) is 0 Å². The van der Waals surface area contributed by atoms with E-state index in [1.807, 2.05) is 23.9 Å². The Labute approximate surface area is 110 Å². The quantitative estimate of drug-likeness (QED) is 0.645. The van der Waals surface area contributed by atoms with E-state index in [0.717, 1.165) is 5.08 Å². The summed E-state index contributed by atoms with van der Waals surface area (Å²) in [5, 5.41) is 10.2. The van der Waals surface area contributed by atoms with Crippen LogP contribution in [0.25, 0.3) is 0 Å². The highest BCUT2D eigenvalue weighted by Crippen LogP contribution is 2.28. The average molecular weight is 262 g/mol. The number of aryl methyl sites for hydroxylation is 1. The predicted octanol–water partition coefficient (Wildman–Crippen LogP) is 4.54. The van der Waals surface area contributed by atoms with Gasteiger partial charge in [-0.1, -0.05) is 17.7 Å². The molecule has 2 aromatic rings. The second-order valence-electron chi connectivity index (χ2n) is 3.71. The van der Waals surface area contributed by atoms with Crippen molar-refractivity contribution in [3.05, 3.63) is 54.1 Å². The molecule has 1 N–H and O–H groups in total. The lowest BCUT2D eigenvalue weighted by atomic mass is 10.2. The average Bonchev–Trinajstić information content (AvgIpc) is 2.34. The van der Waals surface area contributed by atoms with Crippen LogP contribution in [0.5, 0.6) is 5.75 Å². The Hall–Kier alpha value is -1.06. The number of rotatable bonds is 4. The summed E-state index contributed by atoms with van der Waals surface area (Å²) in [6.45, 7) is 2.10. The maximum atomic E-state index is 9.17. The van der Waals surface area contributed by atoms with E-state index < -0.39 is 0 Å². The van der Waals surface area contributed by atoms with E-state index in [0.29, 0.717) is 5.75 Å². The van der Waals surface area contributed by atoms with Crippen molar-refractivity contribution in [1.82, 2.24) is 0 Å². The summed E-state index contributed by atoms with van der Waals surface area (Å²) in [5.74, 6) is 0.320. The summed E-state index contributed by atoms with van der Waals surface area (Å²) in [6, 6.07) is 15.9. The Morgan fingerprint density at radius 3 is 1.82 bits per heavy atom. The molecule has 0 unspecified atom stereocenters. The lowest BCUT2D eigenvalue weighted by molar-refractivity contribution is 0.475. The fraction of sp³-hybridized carbons (Fsp3) is 0.143. The Balaban J connectivity index is 1.83. The predicted molar refractivity (Wildman–Crippen MR) is 75.9 cm³/mol. The molecule has 0 bridgehead atoms. The smallest absolute Gasteiger partial charge is 0.115 e. The minimum Gasteiger partial charge on any atom is -0.508 e. The summed E-state index contributed by atoms with van der Waals surface area (Å²) in [6.07, 6.45) is 0. The number of thioether (sulfide) groups is 2. The van der Waals surface area contributed by atoms with Gasteiger partial charge in [0.2, 0.25) is 0 Å². The maximum absolute atomic E-state index is 9.17. The van der Waals surface area contributed by atoms with Crippen LogP contribution in [0.15, 0.2) is 58.3 Å². The fourth-order valence-electron chi connectivity index (χ4n) is 1.34. The zero-order valence-electron chi connectivity index (χ0n) is 9.59. The van der Waals surface area contributed by atoms with Gasteiger partial charge in [-0.15, -0.1) is 23.5 Å². The summed E-state index contributed by atoms with van der Waals surface area (Å²) < 4.78 is 0. The molecule has 1 nitrogen and oxygen atoms in total. The molecule has 2 rings (SSSR count). The van der Waals surface area contributed by atoms with Crippen LogP contribution in [0, 0.1) is 6.92 Å². The number of hydrogen-bond donors (Lipinski definition) is 1. The molecular weight excluding hydrogens is 248 g/mol. The molecule has 0 saturated carbocycles. The van der Waals surface area contributed by atoms with E-state index in [-0.39, 0.29) is 0 Å². The minimum atomic E-state index is 0.320. The zero-order chi connectivity index (χ0) is 12.1. The molecule has 0 aliphatic rings. The van der Waals surface area contributed by atoms with Crippen LogP contribution in [-0.2, 0) is 0 Å². The van der Waals surface area contributed by atoms with Crippen molar-refractivity contribution in [2.75, 3.05) is 5.08 Å². The van der Waals surface area contributed by atoms with Gasteiger partial charge in [0.25, 0.3) is 0 Å². The van der Waals surface area contributed by atoms with E-state index in [4.69, 9.17) is 0 Å². The van der Waals surface area contributed by atoms with Gasteiger partial charge in [-0.3, -0.25) is 0 Å². The van der Waals surface area contributed by atoms with Gasteiger partial charge in [0.1, 0.15) is 5.75 Å². The van der Waals surface area contributed by atoms with Gasteiger partial charge >= 0.3 is 0 Å². The van der Waals surface area contributed by atoms with Crippen LogP contribution in [0.4, 0.5) is 0 Å². The highest BCUT2D eigenvalue weighted by atomic mass is 32.2. The van der Waals surface area contributed by atoms with E-state index in [2.05, 4.69) is 31.2 Å². The molecule has 0 fully saturated rings. The summed E-state index contributed by atoms with van der Waals surface area (Å²) >= 11 is 3.61. The van der Waals surface area contributed by atoms with Crippen LogP contribution in [0.2, 0.25) is 0 Å².